The number of carbonyl (C=O) groups excluding carboxylic acids is 1. The minimum atomic E-state index is 0.225. The first kappa shape index (κ1) is 18.5. The Morgan fingerprint density at radius 2 is 2.15 bits per heavy atom. The third kappa shape index (κ3) is 4.65. The second-order valence-electron chi connectivity index (χ2n) is 6.97. The van der Waals surface area contributed by atoms with Crippen molar-refractivity contribution >= 4 is 17.7 Å². The van der Waals surface area contributed by atoms with Crippen LogP contribution in [-0.4, -0.2) is 61.0 Å². The molecule has 2 saturated heterocycles. The number of likely N-dealkylation sites (tertiary alicyclic amines) is 1. The van der Waals surface area contributed by atoms with Crippen molar-refractivity contribution in [1.82, 2.24) is 20.5 Å². The summed E-state index contributed by atoms with van der Waals surface area (Å²) in [5.74, 6) is 2.07. The van der Waals surface area contributed by atoms with Crippen LogP contribution in [0.3, 0.4) is 0 Å². The molecule has 1 aromatic heterocycles. The van der Waals surface area contributed by atoms with Crippen molar-refractivity contribution < 1.29 is 4.79 Å². The van der Waals surface area contributed by atoms with Crippen LogP contribution in [0.1, 0.15) is 38.2 Å². The number of aliphatic imine (C=N–C) groups is 1. The summed E-state index contributed by atoms with van der Waals surface area (Å²) in [7, 11) is 1.78. The minimum Gasteiger partial charge on any atom is -0.357 e. The van der Waals surface area contributed by atoms with Crippen LogP contribution in [0.5, 0.6) is 0 Å². The van der Waals surface area contributed by atoms with Crippen molar-refractivity contribution in [2.75, 3.05) is 38.1 Å². The Morgan fingerprint density at radius 1 is 1.35 bits per heavy atom. The molecule has 2 N–H and O–H groups in total. The quantitative estimate of drug-likeness (QED) is 0.614. The second kappa shape index (κ2) is 8.87. The number of rotatable bonds is 5. The molecule has 0 aromatic carbocycles. The van der Waals surface area contributed by atoms with Crippen molar-refractivity contribution in [1.29, 1.82) is 0 Å². The maximum atomic E-state index is 11.8. The fourth-order valence-corrected chi connectivity index (χ4v) is 3.59. The number of hydrogen-bond acceptors (Lipinski definition) is 4. The van der Waals surface area contributed by atoms with Gasteiger partial charge in [-0.15, -0.1) is 0 Å². The van der Waals surface area contributed by atoms with Gasteiger partial charge in [0.1, 0.15) is 5.82 Å². The van der Waals surface area contributed by atoms with E-state index in [1.54, 1.807) is 7.05 Å². The van der Waals surface area contributed by atoms with Gasteiger partial charge in [0.05, 0.1) is 0 Å². The highest BCUT2D eigenvalue weighted by Gasteiger charge is 2.25. The Labute approximate surface area is 155 Å². The molecule has 7 heteroatoms. The number of aromatic nitrogens is 1. The highest BCUT2D eigenvalue weighted by Crippen LogP contribution is 2.18. The molecule has 7 nitrogen and oxygen atoms in total. The van der Waals surface area contributed by atoms with E-state index in [1.165, 1.54) is 18.4 Å². The summed E-state index contributed by atoms with van der Waals surface area (Å²) in [6.45, 7) is 6.39. The average molecular weight is 358 g/mol. The van der Waals surface area contributed by atoms with E-state index < -0.39 is 0 Å². The van der Waals surface area contributed by atoms with Gasteiger partial charge >= 0.3 is 0 Å². The lowest BCUT2D eigenvalue weighted by Crippen LogP contribution is -2.44. The Kier molecular flexibility index (Phi) is 6.30. The fraction of sp³-hybridized carbons (Fsp3) is 0.632. The van der Waals surface area contributed by atoms with Crippen LogP contribution in [0.4, 0.5) is 5.82 Å². The molecule has 0 radical (unpaired) electrons. The summed E-state index contributed by atoms with van der Waals surface area (Å²) in [6, 6.07) is 4.45. The smallest absolute Gasteiger partial charge is 0.222 e. The Hall–Kier alpha value is -2.31. The number of carbonyl (C=O) groups is 1. The summed E-state index contributed by atoms with van der Waals surface area (Å²) in [4.78, 5) is 24.9. The molecule has 1 amide bonds. The van der Waals surface area contributed by atoms with Crippen LogP contribution in [0.25, 0.3) is 0 Å². The topological polar surface area (TPSA) is 72.9 Å². The Morgan fingerprint density at radius 3 is 2.88 bits per heavy atom. The first-order valence-electron chi connectivity index (χ1n) is 9.64. The first-order chi connectivity index (χ1) is 12.7. The van der Waals surface area contributed by atoms with E-state index in [0.717, 1.165) is 44.4 Å². The largest absolute Gasteiger partial charge is 0.357 e. The number of pyridine rings is 1. The molecule has 0 bridgehead atoms. The summed E-state index contributed by atoms with van der Waals surface area (Å²) < 4.78 is 0. The predicted octanol–water partition coefficient (Wildman–Crippen LogP) is 1.36. The summed E-state index contributed by atoms with van der Waals surface area (Å²) in [5, 5.41) is 6.81. The normalized spacial score (nSPS) is 20.5. The van der Waals surface area contributed by atoms with Gasteiger partial charge in [0.15, 0.2) is 5.96 Å². The van der Waals surface area contributed by atoms with Gasteiger partial charge in [0.2, 0.25) is 5.91 Å². The number of anilines is 1. The number of nitrogens with one attached hydrogen (secondary N) is 2. The minimum absolute atomic E-state index is 0.225. The van der Waals surface area contributed by atoms with Crippen molar-refractivity contribution in [3.05, 3.63) is 23.9 Å². The van der Waals surface area contributed by atoms with Gasteiger partial charge in [0.25, 0.3) is 0 Å². The zero-order valence-electron chi connectivity index (χ0n) is 15.9. The van der Waals surface area contributed by atoms with Crippen LogP contribution in [0.2, 0.25) is 0 Å². The Balaban J connectivity index is 1.50. The molecule has 2 fully saturated rings. The standard InChI is InChI=1S/C19H30N6O/c1-3-18(26)25-11-7-16(14-25)23-19(20-2)22-13-15-6-8-21-17(12-15)24-9-4-5-10-24/h6,8,12,16H,3-5,7,9-11,13-14H2,1-2H3,(H2,20,22,23). The zero-order valence-corrected chi connectivity index (χ0v) is 15.9. The molecule has 1 atom stereocenters. The van der Waals surface area contributed by atoms with E-state index in [-0.39, 0.29) is 11.9 Å². The number of amides is 1. The molecule has 1 aromatic rings. The second-order valence-corrected chi connectivity index (χ2v) is 6.97. The van der Waals surface area contributed by atoms with Crippen molar-refractivity contribution in [2.24, 2.45) is 4.99 Å². The lowest BCUT2D eigenvalue weighted by molar-refractivity contribution is -0.129. The lowest BCUT2D eigenvalue weighted by Gasteiger charge is -2.19. The molecule has 0 saturated carbocycles. The third-order valence-corrected chi connectivity index (χ3v) is 5.11. The van der Waals surface area contributed by atoms with Gasteiger partial charge < -0.3 is 20.4 Å². The fourth-order valence-electron chi connectivity index (χ4n) is 3.59. The molecule has 3 rings (SSSR count). The molecule has 0 spiro atoms. The molecular formula is C19H30N6O. The van der Waals surface area contributed by atoms with E-state index in [0.29, 0.717) is 13.0 Å². The van der Waals surface area contributed by atoms with Gasteiger partial charge in [-0.1, -0.05) is 6.92 Å². The molecule has 142 valence electrons. The Bertz CT molecular complexity index is 641. The molecular weight excluding hydrogens is 328 g/mol. The predicted molar refractivity (Wildman–Crippen MR) is 104 cm³/mol. The number of guanidine groups is 1. The number of hydrogen-bond donors (Lipinski definition) is 2. The third-order valence-electron chi connectivity index (χ3n) is 5.11. The SMILES string of the molecule is CCC(=O)N1CCC(NC(=NC)NCc2ccnc(N3CCCC3)c2)C1. The van der Waals surface area contributed by atoms with E-state index in [1.807, 2.05) is 24.1 Å². The molecule has 2 aliphatic heterocycles. The highest BCUT2D eigenvalue weighted by molar-refractivity contribution is 5.80. The van der Waals surface area contributed by atoms with Gasteiger partial charge in [-0.25, -0.2) is 4.98 Å². The van der Waals surface area contributed by atoms with Crippen LogP contribution in [-0.2, 0) is 11.3 Å². The van der Waals surface area contributed by atoms with Crippen molar-refractivity contribution in [2.45, 2.75) is 45.2 Å². The summed E-state index contributed by atoms with van der Waals surface area (Å²) in [5.41, 5.74) is 1.19. The zero-order chi connectivity index (χ0) is 18.4. The van der Waals surface area contributed by atoms with E-state index >= 15 is 0 Å². The summed E-state index contributed by atoms with van der Waals surface area (Å²) in [6.07, 6.45) is 5.91. The van der Waals surface area contributed by atoms with Crippen molar-refractivity contribution in [3.63, 3.8) is 0 Å². The average Bonchev–Trinajstić information content (AvgIpc) is 3.36. The van der Waals surface area contributed by atoms with Crippen LogP contribution >= 0.6 is 0 Å². The first-order valence-corrected chi connectivity index (χ1v) is 9.64. The van der Waals surface area contributed by atoms with Crippen molar-refractivity contribution in [3.8, 4) is 0 Å². The number of nitrogens with zero attached hydrogens (tertiary/aromatic N) is 4. The van der Waals surface area contributed by atoms with Gasteiger partial charge in [-0.3, -0.25) is 9.79 Å². The van der Waals surface area contributed by atoms with Crippen LogP contribution in [0.15, 0.2) is 23.3 Å². The highest BCUT2D eigenvalue weighted by atomic mass is 16.2. The van der Waals surface area contributed by atoms with Gasteiger partial charge in [-0.05, 0) is 37.0 Å². The summed E-state index contributed by atoms with van der Waals surface area (Å²) >= 11 is 0. The lowest BCUT2D eigenvalue weighted by atomic mass is 10.2. The molecule has 2 aliphatic rings. The van der Waals surface area contributed by atoms with E-state index in [4.69, 9.17) is 0 Å². The molecule has 1 unspecified atom stereocenters. The van der Waals surface area contributed by atoms with E-state index in [2.05, 4.69) is 31.6 Å². The molecule has 0 aliphatic carbocycles. The van der Waals surface area contributed by atoms with Crippen LogP contribution < -0.4 is 15.5 Å². The monoisotopic (exact) mass is 358 g/mol. The molecule has 3 heterocycles. The van der Waals surface area contributed by atoms with Gasteiger partial charge in [-0.2, -0.15) is 0 Å². The van der Waals surface area contributed by atoms with Gasteiger partial charge in [0, 0.05) is 58.4 Å². The van der Waals surface area contributed by atoms with Crippen LogP contribution in [0, 0.1) is 0 Å². The maximum Gasteiger partial charge on any atom is 0.222 e. The molecule has 26 heavy (non-hydrogen) atoms. The maximum absolute atomic E-state index is 11.8. The van der Waals surface area contributed by atoms with E-state index in [9.17, 15) is 4.79 Å².